The first-order valence-corrected chi connectivity index (χ1v) is 5.63. The minimum Gasteiger partial charge on any atom is -0.307 e. The largest absolute Gasteiger partial charge is 0.433 e. The van der Waals surface area contributed by atoms with Crippen LogP contribution < -0.4 is 5.32 Å². The third-order valence-corrected chi connectivity index (χ3v) is 2.78. The zero-order valence-electron chi connectivity index (χ0n) is 9.51. The van der Waals surface area contributed by atoms with Crippen LogP contribution in [0.15, 0.2) is 6.07 Å². The van der Waals surface area contributed by atoms with Crippen LogP contribution >= 0.6 is 0 Å². The maximum Gasteiger partial charge on any atom is 0.433 e. The Morgan fingerprint density at radius 1 is 1.29 bits per heavy atom. The van der Waals surface area contributed by atoms with E-state index in [1.54, 1.807) is 6.92 Å². The van der Waals surface area contributed by atoms with E-state index in [-0.39, 0.29) is 11.9 Å². The van der Waals surface area contributed by atoms with Gasteiger partial charge in [-0.1, -0.05) is 6.42 Å². The first-order chi connectivity index (χ1) is 7.97. The molecule has 6 heteroatoms. The first kappa shape index (κ1) is 12.3. The third kappa shape index (κ3) is 2.94. The highest BCUT2D eigenvalue weighted by Gasteiger charge is 2.34. The van der Waals surface area contributed by atoms with Crippen molar-refractivity contribution in [1.29, 1.82) is 0 Å². The fourth-order valence-corrected chi connectivity index (χ4v) is 1.96. The molecule has 1 saturated heterocycles. The molecule has 1 aromatic rings. The summed E-state index contributed by atoms with van der Waals surface area (Å²) in [7, 11) is 0. The summed E-state index contributed by atoms with van der Waals surface area (Å²) in [5.41, 5.74) is -0.498. The lowest BCUT2D eigenvalue weighted by molar-refractivity contribution is -0.141. The van der Waals surface area contributed by atoms with Crippen molar-refractivity contribution < 1.29 is 13.2 Å². The van der Waals surface area contributed by atoms with E-state index < -0.39 is 11.9 Å². The summed E-state index contributed by atoms with van der Waals surface area (Å²) >= 11 is 0. The molecular weight excluding hydrogens is 231 g/mol. The third-order valence-electron chi connectivity index (χ3n) is 2.78. The summed E-state index contributed by atoms with van der Waals surface area (Å²) in [5.74, 6) is 0.261. The van der Waals surface area contributed by atoms with Crippen molar-refractivity contribution >= 4 is 0 Å². The van der Waals surface area contributed by atoms with E-state index in [4.69, 9.17) is 0 Å². The van der Waals surface area contributed by atoms with Crippen molar-refractivity contribution in [3.05, 3.63) is 23.3 Å². The van der Waals surface area contributed by atoms with Gasteiger partial charge in [-0.3, -0.25) is 0 Å². The van der Waals surface area contributed by atoms with Crippen LogP contribution in [0.5, 0.6) is 0 Å². The van der Waals surface area contributed by atoms with Crippen LogP contribution in [-0.2, 0) is 6.18 Å². The van der Waals surface area contributed by atoms with Crippen LogP contribution in [-0.4, -0.2) is 16.5 Å². The van der Waals surface area contributed by atoms with Gasteiger partial charge in [0.25, 0.3) is 0 Å². The van der Waals surface area contributed by atoms with Gasteiger partial charge in [0.1, 0.15) is 11.5 Å². The molecule has 1 aliphatic rings. The summed E-state index contributed by atoms with van der Waals surface area (Å²) in [5, 5.41) is 3.15. The lowest BCUT2D eigenvalue weighted by Gasteiger charge is -2.22. The zero-order valence-corrected chi connectivity index (χ0v) is 9.51. The fraction of sp³-hybridized carbons (Fsp3) is 0.636. The highest BCUT2D eigenvalue weighted by atomic mass is 19.4. The molecule has 1 aromatic heterocycles. The average molecular weight is 245 g/mol. The van der Waals surface area contributed by atoms with E-state index in [2.05, 4.69) is 15.3 Å². The summed E-state index contributed by atoms with van der Waals surface area (Å²) in [6.07, 6.45) is -1.57. The number of nitrogens with zero attached hydrogens (tertiary/aromatic N) is 2. The van der Waals surface area contributed by atoms with Gasteiger partial charge in [0.05, 0.1) is 6.04 Å². The molecule has 0 amide bonds. The van der Waals surface area contributed by atoms with Gasteiger partial charge in [-0.25, -0.2) is 9.97 Å². The van der Waals surface area contributed by atoms with Crippen LogP contribution in [0.1, 0.15) is 42.5 Å². The number of alkyl halides is 3. The van der Waals surface area contributed by atoms with Crippen LogP contribution in [0.25, 0.3) is 0 Å². The van der Waals surface area contributed by atoms with Crippen molar-refractivity contribution in [3.63, 3.8) is 0 Å². The number of halogens is 3. The van der Waals surface area contributed by atoms with Gasteiger partial charge < -0.3 is 5.32 Å². The second kappa shape index (κ2) is 4.60. The number of piperidine rings is 1. The van der Waals surface area contributed by atoms with E-state index in [0.717, 1.165) is 31.9 Å². The maximum atomic E-state index is 12.6. The number of nitrogens with one attached hydrogen (secondary N) is 1. The lowest BCUT2D eigenvalue weighted by atomic mass is 10.0. The van der Waals surface area contributed by atoms with E-state index in [9.17, 15) is 13.2 Å². The molecule has 0 unspecified atom stereocenters. The fourth-order valence-electron chi connectivity index (χ4n) is 1.96. The number of aromatic nitrogens is 2. The topological polar surface area (TPSA) is 37.8 Å². The number of aryl methyl sites for hydroxylation is 1. The molecule has 1 fully saturated rings. The van der Waals surface area contributed by atoms with Crippen LogP contribution in [0.3, 0.4) is 0 Å². The van der Waals surface area contributed by atoms with E-state index >= 15 is 0 Å². The normalized spacial score (nSPS) is 21.5. The van der Waals surface area contributed by atoms with E-state index in [1.807, 2.05) is 0 Å². The summed E-state index contributed by atoms with van der Waals surface area (Å²) < 4.78 is 37.8. The molecule has 0 aliphatic carbocycles. The summed E-state index contributed by atoms with van der Waals surface area (Å²) in [6, 6.07) is 0.830. The Morgan fingerprint density at radius 3 is 2.65 bits per heavy atom. The molecule has 0 spiro atoms. The highest BCUT2D eigenvalue weighted by Crippen LogP contribution is 2.29. The summed E-state index contributed by atoms with van der Waals surface area (Å²) in [4.78, 5) is 7.73. The van der Waals surface area contributed by atoms with Gasteiger partial charge in [-0.05, 0) is 32.4 Å². The van der Waals surface area contributed by atoms with E-state index in [1.165, 1.54) is 0 Å². The Bertz CT molecular complexity index is 397. The molecular formula is C11H14F3N3. The Morgan fingerprint density at radius 2 is 2.06 bits per heavy atom. The highest BCUT2D eigenvalue weighted by molar-refractivity contribution is 5.14. The van der Waals surface area contributed by atoms with Crippen molar-refractivity contribution in [2.24, 2.45) is 0 Å². The van der Waals surface area contributed by atoms with Gasteiger partial charge in [-0.2, -0.15) is 13.2 Å². The molecule has 3 nitrogen and oxygen atoms in total. The Labute approximate surface area is 97.5 Å². The van der Waals surface area contributed by atoms with Gasteiger partial charge in [0.2, 0.25) is 0 Å². The molecule has 2 rings (SSSR count). The lowest BCUT2D eigenvalue weighted by Crippen LogP contribution is -2.29. The van der Waals surface area contributed by atoms with Crippen LogP contribution in [0.4, 0.5) is 13.2 Å². The molecule has 2 heterocycles. The van der Waals surface area contributed by atoms with Crippen molar-refractivity contribution in [2.45, 2.75) is 38.4 Å². The molecule has 1 aliphatic heterocycles. The summed E-state index contributed by atoms with van der Waals surface area (Å²) in [6.45, 7) is 2.37. The van der Waals surface area contributed by atoms with Crippen molar-refractivity contribution in [3.8, 4) is 0 Å². The molecule has 94 valence electrons. The van der Waals surface area contributed by atoms with Crippen LogP contribution in [0, 0.1) is 6.92 Å². The predicted octanol–water partition coefficient (Wildman–Crippen LogP) is 2.62. The van der Waals surface area contributed by atoms with Gasteiger partial charge in [-0.15, -0.1) is 0 Å². The molecule has 1 N–H and O–H groups in total. The van der Waals surface area contributed by atoms with E-state index in [0.29, 0.717) is 5.69 Å². The minimum atomic E-state index is -4.41. The predicted molar refractivity (Wildman–Crippen MR) is 56.4 cm³/mol. The van der Waals surface area contributed by atoms with Gasteiger partial charge in [0.15, 0.2) is 0 Å². The molecule has 0 aromatic carbocycles. The molecule has 1 atom stereocenters. The Balaban J connectivity index is 2.31. The first-order valence-electron chi connectivity index (χ1n) is 5.63. The smallest absolute Gasteiger partial charge is 0.307 e. The Hall–Kier alpha value is -1.17. The zero-order chi connectivity index (χ0) is 12.5. The molecule has 0 radical (unpaired) electrons. The number of hydrogen-bond acceptors (Lipinski definition) is 3. The second-order valence-corrected chi connectivity index (χ2v) is 4.25. The number of hydrogen-bond donors (Lipinski definition) is 1. The standard InChI is InChI=1S/C11H14F3N3/c1-7-6-9(11(12,13)14)17-10(16-7)8-4-2-3-5-15-8/h6,8,15H,2-5H2,1H3/t8-/m0/s1. The minimum absolute atomic E-state index is 0.148. The van der Waals surface area contributed by atoms with Crippen LogP contribution in [0.2, 0.25) is 0 Å². The van der Waals surface area contributed by atoms with Gasteiger partial charge >= 0.3 is 6.18 Å². The average Bonchev–Trinajstić information content (AvgIpc) is 2.28. The maximum absolute atomic E-state index is 12.6. The van der Waals surface area contributed by atoms with Crippen molar-refractivity contribution in [1.82, 2.24) is 15.3 Å². The monoisotopic (exact) mass is 245 g/mol. The SMILES string of the molecule is Cc1cc(C(F)(F)F)nc([C@@H]2CCCCN2)n1. The molecule has 17 heavy (non-hydrogen) atoms. The molecule has 0 bridgehead atoms. The molecule has 0 saturated carbocycles. The van der Waals surface area contributed by atoms with Crippen molar-refractivity contribution in [2.75, 3.05) is 6.54 Å². The van der Waals surface area contributed by atoms with Gasteiger partial charge in [0, 0.05) is 5.69 Å². The quantitative estimate of drug-likeness (QED) is 0.826. The Kier molecular flexibility index (Phi) is 3.33. The second-order valence-electron chi connectivity index (χ2n) is 4.25. The number of rotatable bonds is 1.